The van der Waals surface area contributed by atoms with Crippen LogP contribution in [0.2, 0.25) is 0 Å². The number of methoxy groups -OCH3 is 1. The van der Waals surface area contributed by atoms with E-state index in [-0.39, 0.29) is 0 Å². The van der Waals surface area contributed by atoms with E-state index in [1.807, 2.05) is 19.2 Å². The highest BCUT2D eigenvalue weighted by Gasteiger charge is 2.04. The largest absolute Gasteiger partial charge is 0.377 e. The van der Waals surface area contributed by atoms with Gasteiger partial charge in [0.15, 0.2) is 5.82 Å². The van der Waals surface area contributed by atoms with Gasteiger partial charge in [-0.3, -0.25) is 4.98 Å². The molecule has 0 atom stereocenters. The molecule has 2 heterocycles. The lowest BCUT2D eigenvalue weighted by molar-refractivity contribution is 0.178. The molecule has 0 radical (unpaired) electrons. The number of anilines is 2. The van der Waals surface area contributed by atoms with E-state index < -0.39 is 0 Å². The van der Waals surface area contributed by atoms with Gasteiger partial charge in [0.2, 0.25) is 0 Å². The first kappa shape index (κ1) is 14.2. The van der Waals surface area contributed by atoms with E-state index in [0.29, 0.717) is 30.6 Å². The first-order valence-electron chi connectivity index (χ1n) is 6.20. The third-order valence-electron chi connectivity index (χ3n) is 2.79. The Hall–Kier alpha value is -2.25. The van der Waals surface area contributed by atoms with Gasteiger partial charge in [-0.05, 0) is 24.1 Å². The van der Waals surface area contributed by atoms with Crippen LogP contribution in [0.15, 0.2) is 24.5 Å². The van der Waals surface area contributed by atoms with Gasteiger partial charge < -0.3 is 15.5 Å². The van der Waals surface area contributed by atoms with Gasteiger partial charge in [-0.25, -0.2) is 15.8 Å². The second kappa shape index (κ2) is 6.78. The van der Waals surface area contributed by atoms with Crippen molar-refractivity contribution < 1.29 is 4.74 Å². The van der Waals surface area contributed by atoms with Gasteiger partial charge in [-0.1, -0.05) is 0 Å². The number of hydrazine groups is 1. The molecular weight excluding hydrogens is 256 g/mol. The molecule has 0 bridgehead atoms. The highest BCUT2D eigenvalue weighted by atomic mass is 16.5. The maximum Gasteiger partial charge on any atom is 0.158 e. The molecule has 0 aliphatic rings. The second-order valence-corrected chi connectivity index (χ2v) is 4.29. The standard InChI is InChI=1S/C13H18N6O/c1-9-6-15-4-3-10(9)7-16-11-5-12(19-14)18-13(17-11)8-20-2/h3-6H,7-8,14H2,1-2H3,(H2,16,17,18,19). The van der Waals surface area contributed by atoms with Crippen LogP contribution >= 0.6 is 0 Å². The maximum atomic E-state index is 5.40. The van der Waals surface area contributed by atoms with Crippen LogP contribution in [0.5, 0.6) is 0 Å². The van der Waals surface area contributed by atoms with Crippen LogP contribution in [-0.4, -0.2) is 22.1 Å². The molecule has 0 unspecified atom stereocenters. The fourth-order valence-corrected chi connectivity index (χ4v) is 1.74. The van der Waals surface area contributed by atoms with Crippen molar-refractivity contribution in [3.8, 4) is 0 Å². The van der Waals surface area contributed by atoms with Crippen LogP contribution in [0.1, 0.15) is 17.0 Å². The fraction of sp³-hybridized carbons (Fsp3) is 0.308. The molecule has 2 aromatic rings. The first-order chi connectivity index (χ1) is 9.72. The number of hydrogen-bond acceptors (Lipinski definition) is 7. The molecule has 0 amide bonds. The van der Waals surface area contributed by atoms with E-state index >= 15 is 0 Å². The summed E-state index contributed by atoms with van der Waals surface area (Å²) in [6.07, 6.45) is 3.60. The first-order valence-corrected chi connectivity index (χ1v) is 6.20. The zero-order valence-corrected chi connectivity index (χ0v) is 11.6. The predicted molar refractivity (Wildman–Crippen MR) is 76.9 cm³/mol. The topological polar surface area (TPSA) is 98.0 Å². The van der Waals surface area contributed by atoms with E-state index in [4.69, 9.17) is 10.6 Å². The summed E-state index contributed by atoms with van der Waals surface area (Å²) in [4.78, 5) is 12.6. The SMILES string of the molecule is COCc1nc(NN)cc(NCc2ccncc2C)n1. The van der Waals surface area contributed by atoms with Crippen LogP contribution in [0.3, 0.4) is 0 Å². The minimum atomic E-state index is 0.332. The number of aryl methyl sites for hydroxylation is 1. The van der Waals surface area contributed by atoms with Crippen molar-refractivity contribution in [3.63, 3.8) is 0 Å². The van der Waals surface area contributed by atoms with Gasteiger partial charge in [0, 0.05) is 32.1 Å². The molecule has 20 heavy (non-hydrogen) atoms. The molecule has 0 fully saturated rings. The fourth-order valence-electron chi connectivity index (χ4n) is 1.74. The van der Waals surface area contributed by atoms with Crippen LogP contribution in [0.25, 0.3) is 0 Å². The van der Waals surface area contributed by atoms with Gasteiger partial charge in [0.05, 0.1) is 0 Å². The van der Waals surface area contributed by atoms with Crippen LogP contribution in [-0.2, 0) is 17.9 Å². The molecule has 7 heteroatoms. The number of nitrogens with two attached hydrogens (primary N) is 1. The summed E-state index contributed by atoms with van der Waals surface area (Å²) in [7, 11) is 1.60. The summed E-state index contributed by atoms with van der Waals surface area (Å²) in [5, 5.41) is 3.25. The normalized spacial score (nSPS) is 10.3. The van der Waals surface area contributed by atoms with Crippen molar-refractivity contribution in [3.05, 3.63) is 41.5 Å². The Balaban J connectivity index is 2.12. The monoisotopic (exact) mass is 274 g/mol. The predicted octanol–water partition coefficient (Wildman–Crippen LogP) is 1.22. The number of hydrogen-bond donors (Lipinski definition) is 3. The molecule has 106 valence electrons. The van der Waals surface area contributed by atoms with Gasteiger partial charge in [-0.2, -0.15) is 0 Å². The lowest BCUT2D eigenvalue weighted by atomic mass is 10.1. The summed E-state index contributed by atoms with van der Waals surface area (Å²) < 4.78 is 5.03. The Morgan fingerprint density at radius 1 is 1.30 bits per heavy atom. The Labute approximate surface area is 117 Å². The van der Waals surface area contributed by atoms with Crippen LogP contribution in [0, 0.1) is 6.92 Å². The number of ether oxygens (including phenoxy) is 1. The molecule has 0 saturated carbocycles. The summed E-state index contributed by atoms with van der Waals surface area (Å²) in [5.74, 6) is 7.20. The molecule has 7 nitrogen and oxygen atoms in total. The highest BCUT2D eigenvalue weighted by molar-refractivity contribution is 5.47. The zero-order chi connectivity index (χ0) is 14.4. The van der Waals surface area contributed by atoms with Gasteiger partial charge in [0.25, 0.3) is 0 Å². The molecule has 0 spiro atoms. The van der Waals surface area contributed by atoms with Crippen LogP contribution in [0.4, 0.5) is 11.6 Å². The molecule has 0 aliphatic carbocycles. The van der Waals surface area contributed by atoms with E-state index in [1.165, 1.54) is 0 Å². The van der Waals surface area contributed by atoms with E-state index in [2.05, 4.69) is 25.7 Å². The third kappa shape index (κ3) is 3.62. The number of nitrogens with zero attached hydrogens (tertiary/aromatic N) is 3. The van der Waals surface area contributed by atoms with Crippen molar-refractivity contribution in [2.24, 2.45) is 5.84 Å². The Morgan fingerprint density at radius 3 is 2.80 bits per heavy atom. The number of nitrogen functional groups attached to an aromatic ring is 1. The third-order valence-corrected chi connectivity index (χ3v) is 2.79. The summed E-state index contributed by atoms with van der Waals surface area (Å²) in [5.41, 5.74) is 4.81. The van der Waals surface area contributed by atoms with Gasteiger partial charge in [-0.15, -0.1) is 0 Å². The summed E-state index contributed by atoms with van der Waals surface area (Å²) in [6.45, 7) is 3.01. The number of aromatic nitrogens is 3. The Morgan fingerprint density at radius 2 is 2.10 bits per heavy atom. The lowest BCUT2D eigenvalue weighted by Gasteiger charge is -2.10. The van der Waals surface area contributed by atoms with Gasteiger partial charge in [0.1, 0.15) is 18.2 Å². The minimum absolute atomic E-state index is 0.332. The van der Waals surface area contributed by atoms with E-state index in [1.54, 1.807) is 19.4 Å². The van der Waals surface area contributed by atoms with Crippen LogP contribution < -0.4 is 16.6 Å². The number of rotatable bonds is 6. The van der Waals surface area contributed by atoms with Crippen molar-refractivity contribution in [1.82, 2.24) is 15.0 Å². The molecule has 0 aromatic carbocycles. The molecule has 0 aliphatic heterocycles. The summed E-state index contributed by atoms with van der Waals surface area (Å²) in [6, 6.07) is 3.72. The Kier molecular flexibility index (Phi) is 4.80. The molecular formula is C13H18N6O. The van der Waals surface area contributed by atoms with E-state index in [9.17, 15) is 0 Å². The summed E-state index contributed by atoms with van der Waals surface area (Å²) >= 11 is 0. The van der Waals surface area contributed by atoms with Crippen molar-refractivity contribution in [2.45, 2.75) is 20.1 Å². The molecule has 2 rings (SSSR count). The highest BCUT2D eigenvalue weighted by Crippen LogP contribution is 2.13. The second-order valence-electron chi connectivity index (χ2n) is 4.29. The quantitative estimate of drug-likeness (QED) is 0.538. The minimum Gasteiger partial charge on any atom is -0.377 e. The van der Waals surface area contributed by atoms with E-state index in [0.717, 1.165) is 11.1 Å². The lowest BCUT2D eigenvalue weighted by Crippen LogP contribution is -2.13. The van der Waals surface area contributed by atoms with Crippen molar-refractivity contribution in [2.75, 3.05) is 17.9 Å². The maximum absolute atomic E-state index is 5.40. The zero-order valence-electron chi connectivity index (χ0n) is 11.6. The average Bonchev–Trinajstić information content (AvgIpc) is 2.46. The Bertz CT molecular complexity index is 575. The number of nitrogens with one attached hydrogen (secondary N) is 2. The van der Waals surface area contributed by atoms with Crippen molar-refractivity contribution >= 4 is 11.6 Å². The average molecular weight is 274 g/mol. The molecule has 0 saturated heterocycles. The number of pyridine rings is 1. The molecule has 2 aromatic heterocycles. The van der Waals surface area contributed by atoms with Gasteiger partial charge >= 0.3 is 0 Å². The molecule has 4 N–H and O–H groups in total. The smallest absolute Gasteiger partial charge is 0.158 e. The van der Waals surface area contributed by atoms with Crippen molar-refractivity contribution in [1.29, 1.82) is 0 Å².